The van der Waals surface area contributed by atoms with Crippen LogP contribution in [0.2, 0.25) is 16.6 Å². The Morgan fingerprint density at radius 3 is 1.63 bits per heavy atom. The Morgan fingerprint density at radius 2 is 1.32 bits per heavy atom. The van der Waals surface area contributed by atoms with Gasteiger partial charge in [-0.05, 0) is 16.6 Å². The summed E-state index contributed by atoms with van der Waals surface area (Å²) in [6, 6.07) is 0. The minimum atomic E-state index is -1.40. The molecular formula is C16H34N2Si. The quantitative estimate of drug-likeness (QED) is 0.537. The molecule has 0 unspecified atom stereocenters. The Labute approximate surface area is 121 Å². The average molecular weight is 283 g/mol. The number of hydrogen-bond donors (Lipinski definition) is 0. The van der Waals surface area contributed by atoms with Gasteiger partial charge in [-0.2, -0.15) is 0 Å². The Balaban J connectivity index is 2.86. The van der Waals surface area contributed by atoms with Gasteiger partial charge in [-0.15, -0.1) is 6.58 Å². The summed E-state index contributed by atoms with van der Waals surface area (Å²) in [4.78, 5) is 2.53. The van der Waals surface area contributed by atoms with E-state index in [-0.39, 0.29) is 0 Å². The Kier molecular flexibility index (Phi) is 6.28. The predicted octanol–water partition coefficient (Wildman–Crippen LogP) is 3.97. The maximum absolute atomic E-state index is 3.86. The first kappa shape index (κ1) is 16.9. The molecule has 0 saturated carbocycles. The molecule has 0 aromatic heterocycles. The van der Waals surface area contributed by atoms with Crippen LogP contribution in [0.1, 0.15) is 41.5 Å². The molecule has 1 aliphatic heterocycles. The van der Waals surface area contributed by atoms with E-state index in [1.54, 1.807) is 0 Å². The molecular weight excluding hydrogens is 248 g/mol. The van der Waals surface area contributed by atoms with Crippen molar-refractivity contribution in [3.05, 3.63) is 12.7 Å². The third-order valence-corrected chi connectivity index (χ3v) is 12.2. The SMILES string of the molecule is C=CCN1CCN([Si](C(C)C)(C(C)C)C(C)C)CC1. The van der Waals surface area contributed by atoms with Crippen LogP contribution in [-0.2, 0) is 0 Å². The van der Waals surface area contributed by atoms with Gasteiger partial charge in [0.05, 0.1) is 0 Å². The number of hydrogen-bond acceptors (Lipinski definition) is 2. The van der Waals surface area contributed by atoms with Gasteiger partial charge < -0.3 is 4.57 Å². The zero-order chi connectivity index (χ0) is 14.6. The summed E-state index contributed by atoms with van der Waals surface area (Å²) in [5, 5.41) is 0. The van der Waals surface area contributed by atoms with Crippen LogP contribution in [0.25, 0.3) is 0 Å². The molecule has 0 amide bonds. The van der Waals surface area contributed by atoms with Crippen molar-refractivity contribution < 1.29 is 0 Å². The molecule has 19 heavy (non-hydrogen) atoms. The van der Waals surface area contributed by atoms with Gasteiger partial charge in [-0.25, -0.2) is 0 Å². The van der Waals surface area contributed by atoms with Crippen molar-refractivity contribution in [2.75, 3.05) is 32.7 Å². The van der Waals surface area contributed by atoms with E-state index in [1.165, 1.54) is 26.2 Å². The van der Waals surface area contributed by atoms with E-state index in [0.717, 1.165) is 23.2 Å². The summed E-state index contributed by atoms with van der Waals surface area (Å²) in [6.07, 6.45) is 2.04. The van der Waals surface area contributed by atoms with Crippen LogP contribution in [-0.4, -0.2) is 50.4 Å². The highest BCUT2D eigenvalue weighted by molar-refractivity contribution is 6.81. The van der Waals surface area contributed by atoms with Crippen molar-refractivity contribution in [2.24, 2.45) is 0 Å². The highest BCUT2D eigenvalue weighted by Crippen LogP contribution is 2.44. The van der Waals surface area contributed by atoms with Crippen LogP contribution in [0, 0.1) is 0 Å². The van der Waals surface area contributed by atoms with Crippen LogP contribution >= 0.6 is 0 Å². The van der Waals surface area contributed by atoms with Gasteiger partial charge in [0.25, 0.3) is 0 Å². The predicted molar refractivity (Wildman–Crippen MR) is 89.3 cm³/mol. The second-order valence-corrected chi connectivity index (χ2v) is 12.8. The van der Waals surface area contributed by atoms with Crippen LogP contribution in [0.3, 0.4) is 0 Å². The van der Waals surface area contributed by atoms with Crippen LogP contribution in [0.4, 0.5) is 0 Å². The lowest BCUT2D eigenvalue weighted by atomic mass is 10.3. The molecule has 0 aromatic rings. The Bertz CT molecular complexity index is 257. The number of piperazine rings is 1. The fourth-order valence-corrected chi connectivity index (χ4v) is 11.8. The van der Waals surface area contributed by atoms with Gasteiger partial charge in [0.15, 0.2) is 0 Å². The molecule has 1 aliphatic rings. The van der Waals surface area contributed by atoms with Crippen LogP contribution in [0.5, 0.6) is 0 Å². The molecule has 0 atom stereocenters. The molecule has 112 valence electrons. The molecule has 0 aromatic carbocycles. The Hall–Kier alpha value is -0.123. The minimum Gasteiger partial charge on any atom is -0.320 e. The van der Waals surface area contributed by atoms with Crippen LogP contribution < -0.4 is 0 Å². The molecule has 0 radical (unpaired) electrons. The first-order valence-electron chi connectivity index (χ1n) is 7.95. The molecule has 0 aliphatic carbocycles. The summed E-state index contributed by atoms with van der Waals surface area (Å²) in [5.41, 5.74) is 2.50. The monoisotopic (exact) mass is 282 g/mol. The van der Waals surface area contributed by atoms with Gasteiger partial charge in [-0.3, -0.25) is 4.90 Å². The minimum absolute atomic E-state index is 0.832. The second-order valence-electron chi connectivity index (χ2n) is 6.93. The van der Waals surface area contributed by atoms with E-state index in [0.29, 0.717) is 0 Å². The highest BCUT2D eigenvalue weighted by Gasteiger charge is 2.48. The van der Waals surface area contributed by atoms with E-state index in [9.17, 15) is 0 Å². The smallest absolute Gasteiger partial charge is 0.136 e. The lowest BCUT2D eigenvalue weighted by Gasteiger charge is -2.53. The highest BCUT2D eigenvalue weighted by atomic mass is 28.3. The van der Waals surface area contributed by atoms with Crippen molar-refractivity contribution in [3.63, 3.8) is 0 Å². The third-order valence-electron chi connectivity index (χ3n) is 5.08. The second kappa shape index (κ2) is 7.05. The normalized spacial score (nSPS) is 19.6. The molecule has 1 rings (SSSR count). The van der Waals surface area contributed by atoms with Gasteiger partial charge in [0.2, 0.25) is 0 Å². The Morgan fingerprint density at radius 1 is 0.895 bits per heavy atom. The average Bonchev–Trinajstić information content (AvgIpc) is 2.31. The zero-order valence-corrected chi connectivity index (χ0v) is 14.9. The molecule has 0 N–H and O–H groups in total. The topological polar surface area (TPSA) is 6.48 Å². The van der Waals surface area contributed by atoms with Gasteiger partial charge in [-0.1, -0.05) is 47.6 Å². The van der Waals surface area contributed by atoms with Gasteiger partial charge in [0.1, 0.15) is 8.24 Å². The van der Waals surface area contributed by atoms with Crippen LogP contribution in [0.15, 0.2) is 12.7 Å². The first-order valence-corrected chi connectivity index (χ1v) is 10.1. The molecule has 3 heteroatoms. The molecule has 2 nitrogen and oxygen atoms in total. The third kappa shape index (κ3) is 3.31. The fourth-order valence-electron chi connectivity index (χ4n) is 4.60. The summed E-state index contributed by atoms with van der Waals surface area (Å²) in [6.45, 7) is 24.6. The number of rotatable bonds is 6. The molecule has 1 saturated heterocycles. The zero-order valence-electron chi connectivity index (χ0n) is 13.9. The van der Waals surface area contributed by atoms with Gasteiger partial charge in [0, 0.05) is 32.7 Å². The van der Waals surface area contributed by atoms with Crippen molar-refractivity contribution >= 4 is 8.24 Å². The largest absolute Gasteiger partial charge is 0.320 e. The lowest BCUT2D eigenvalue weighted by molar-refractivity contribution is 0.192. The summed E-state index contributed by atoms with van der Waals surface area (Å²) in [7, 11) is -1.40. The van der Waals surface area contributed by atoms with Crippen molar-refractivity contribution in [1.82, 2.24) is 9.47 Å². The van der Waals surface area contributed by atoms with E-state index in [2.05, 4.69) is 57.6 Å². The summed E-state index contributed by atoms with van der Waals surface area (Å²) >= 11 is 0. The maximum atomic E-state index is 3.86. The first-order chi connectivity index (χ1) is 8.87. The van der Waals surface area contributed by atoms with Gasteiger partial charge >= 0.3 is 0 Å². The fraction of sp³-hybridized carbons (Fsp3) is 0.875. The van der Waals surface area contributed by atoms with Crippen molar-refractivity contribution in [3.8, 4) is 0 Å². The molecule has 1 fully saturated rings. The van der Waals surface area contributed by atoms with Crippen molar-refractivity contribution in [1.29, 1.82) is 0 Å². The summed E-state index contributed by atoms with van der Waals surface area (Å²) in [5.74, 6) is 0. The van der Waals surface area contributed by atoms with Crippen molar-refractivity contribution in [2.45, 2.75) is 58.2 Å². The summed E-state index contributed by atoms with van der Waals surface area (Å²) < 4.78 is 2.91. The standard InChI is InChI=1S/C16H34N2Si/c1-8-9-17-10-12-18(13-11-17)19(14(2)3,15(4)5)16(6)7/h8,14-16H,1,9-13H2,2-7H3. The van der Waals surface area contributed by atoms with E-state index < -0.39 is 8.24 Å². The van der Waals surface area contributed by atoms with E-state index >= 15 is 0 Å². The molecule has 0 spiro atoms. The van der Waals surface area contributed by atoms with E-state index in [1.807, 2.05) is 6.08 Å². The van der Waals surface area contributed by atoms with E-state index in [4.69, 9.17) is 0 Å². The molecule has 1 heterocycles. The maximum Gasteiger partial charge on any atom is 0.136 e. The molecule has 0 bridgehead atoms. The number of nitrogens with zero attached hydrogens (tertiary/aromatic N) is 2. The lowest BCUT2D eigenvalue weighted by Crippen LogP contribution is -2.64.